The van der Waals surface area contributed by atoms with E-state index in [0.29, 0.717) is 11.4 Å². The summed E-state index contributed by atoms with van der Waals surface area (Å²) < 4.78 is 41.9. The predicted octanol–water partition coefficient (Wildman–Crippen LogP) is 3.05. The largest absolute Gasteiger partial charge is 0.416 e. The summed E-state index contributed by atoms with van der Waals surface area (Å²) in [6.45, 7) is 1.58. The number of aromatic nitrogens is 1. The molecule has 8 heteroatoms. The Morgan fingerprint density at radius 3 is 2.48 bits per heavy atom. The lowest BCUT2D eigenvalue weighted by Gasteiger charge is -2.09. The normalized spacial score (nSPS) is 11.2. The molecule has 0 radical (unpaired) electrons. The van der Waals surface area contributed by atoms with E-state index in [1.807, 2.05) is 0 Å². The highest BCUT2D eigenvalue weighted by Crippen LogP contribution is 2.29. The van der Waals surface area contributed by atoms with Gasteiger partial charge >= 0.3 is 6.18 Å². The zero-order chi connectivity index (χ0) is 15.5. The lowest BCUT2D eigenvalue weighted by molar-refractivity contribution is -0.137. The van der Waals surface area contributed by atoms with Crippen LogP contribution in [-0.4, -0.2) is 17.6 Å². The van der Waals surface area contributed by atoms with Gasteiger partial charge in [0.2, 0.25) is 5.91 Å². The molecule has 5 nitrogen and oxygen atoms in total. The Hall–Kier alpha value is -2.51. The van der Waals surface area contributed by atoms with Crippen molar-refractivity contribution in [1.82, 2.24) is 5.16 Å². The van der Waals surface area contributed by atoms with Gasteiger partial charge in [-0.25, -0.2) is 0 Å². The first kappa shape index (κ1) is 14.9. The van der Waals surface area contributed by atoms with Gasteiger partial charge in [0.05, 0.1) is 12.1 Å². The molecule has 0 aliphatic heterocycles. The third kappa shape index (κ3) is 4.23. The molecule has 0 bridgehead atoms. The highest BCUT2D eigenvalue weighted by Gasteiger charge is 2.29. The molecule has 0 saturated carbocycles. The number of rotatable bonds is 4. The third-order valence-corrected chi connectivity index (χ3v) is 2.56. The molecular formula is C13H12F3N3O2. The fraction of sp³-hybridized carbons (Fsp3) is 0.231. The molecule has 1 heterocycles. The van der Waals surface area contributed by atoms with Gasteiger partial charge < -0.3 is 15.2 Å². The van der Waals surface area contributed by atoms with Crippen LogP contribution in [0, 0.1) is 6.92 Å². The van der Waals surface area contributed by atoms with E-state index in [1.165, 1.54) is 12.1 Å². The van der Waals surface area contributed by atoms with Gasteiger partial charge in [0.1, 0.15) is 5.76 Å². The van der Waals surface area contributed by atoms with Gasteiger partial charge in [-0.1, -0.05) is 5.16 Å². The number of anilines is 2. The van der Waals surface area contributed by atoms with E-state index in [-0.39, 0.29) is 18.3 Å². The topological polar surface area (TPSA) is 67.2 Å². The van der Waals surface area contributed by atoms with Gasteiger partial charge in [-0.2, -0.15) is 13.2 Å². The number of hydrogen-bond donors (Lipinski definition) is 2. The molecule has 0 fully saturated rings. The van der Waals surface area contributed by atoms with Gasteiger partial charge in [0, 0.05) is 11.8 Å². The van der Waals surface area contributed by atoms with Crippen molar-refractivity contribution in [1.29, 1.82) is 0 Å². The maximum Gasteiger partial charge on any atom is 0.416 e. The van der Waals surface area contributed by atoms with E-state index in [4.69, 9.17) is 4.52 Å². The molecular weight excluding hydrogens is 287 g/mol. The first-order valence-electron chi connectivity index (χ1n) is 5.99. The number of alkyl halides is 3. The lowest BCUT2D eigenvalue weighted by Crippen LogP contribution is -2.21. The summed E-state index contributed by atoms with van der Waals surface area (Å²) in [7, 11) is 0. The van der Waals surface area contributed by atoms with Gasteiger partial charge in [-0.15, -0.1) is 0 Å². The molecule has 0 spiro atoms. The van der Waals surface area contributed by atoms with E-state index >= 15 is 0 Å². The predicted molar refractivity (Wildman–Crippen MR) is 69.8 cm³/mol. The number of nitrogens with zero attached hydrogens (tertiary/aromatic N) is 1. The fourth-order valence-corrected chi connectivity index (χ4v) is 1.57. The van der Waals surface area contributed by atoms with Crippen molar-refractivity contribution in [3.05, 3.63) is 41.7 Å². The molecule has 21 heavy (non-hydrogen) atoms. The van der Waals surface area contributed by atoms with E-state index in [9.17, 15) is 18.0 Å². The van der Waals surface area contributed by atoms with Crippen molar-refractivity contribution < 1.29 is 22.5 Å². The Labute approximate surface area is 118 Å². The van der Waals surface area contributed by atoms with Crippen molar-refractivity contribution in [3.63, 3.8) is 0 Å². The summed E-state index contributed by atoms with van der Waals surface area (Å²) in [6, 6.07) is 5.96. The quantitative estimate of drug-likeness (QED) is 0.910. The Kier molecular flexibility index (Phi) is 4.15. The zero-order valence-electron chi connectivity index (χ0n) is 11.0. The second-order valence-electron chi connectivity index (χ2n) is 4.30. The second-order valence-corrected chi connectivity index (χ2v) is 4.30. The number of halogens is 3. The van der Waals surface area contributed by atoms with Crippen LogP contribution in [0.3, 0.4) is 0 Å². The molecule has 0 aliphatic rings. The minimum absolute atomic E-state index is 0.0999. The van der Waals surface area contributed by atoms with Crippen LogP contribution in [-0.2, 0) is 11.0 Å². The average Bonchev–Trinajstić information content (AvgIpc) is 2.81. The van der Waals surface area contributed by atoms with E-state index < -0.39 is 11.7 Å². The molecule has 0 unspecified atom stereocenters. The summed E-state index contributed by atoms with van der Waals surface area (Å²) in [6.07, 6.45) is -4.37. The number of benzene rings is 1. The van der Waals surface area contributed by atoms with Crippen LogP contribution in [0.5, 0.6) is 0 Å². The van der Waals surface area contributed by atoms with Crippen LogP contribution < -0.4 is 10.6 Å². The maximum atomic E-state index is 12.4. The summed E-state index contributed by atoms with van der Waals surface area (Å²) in [4.78, 5) is 11.6. The summed E-state index contributed by atoms with van der Waals surface area (Å²) in [5.41, 5.74) is -0.329. The molecule has 1 aromatic heterocycles. The molecule has 0 atom stereocenters. The number of carbonyl (C=O) groups excluding carboxylic acids is 1. The second kappa shape index (κ2) is 5.86. The van der Waals surface area contributed by atoms with Crippen molar-refractivity contribution in [2.45, 2.75) is 13.1 Å². The van der Waals surface area contributed by atoms with Gasteiger partial charge in [-0.3, -0.25) is 4.79 Å². The van der Waals surface area contributed by atoms with Crippen molar-refractivity contribution in [2.75, 3.05) is 17.2 Å². The summed E-state index contributed by atoms with van der Waals surface area (Å²) >= 11 is 0. The molecule has 2 N–H and O–H groups in total. The maximum absolute atomic E-state index is 12.4. The van der Waals surface area contributed by atoms with Crippen LogP contribution in [0.2, 0.25) is 0 Å². The van der Waals surface area contributed by atoms with Crippen LogP contribution in [0.25, 0.3) is 0 Å². The van der Waals surface area contributed by atoms with E-state index in [0.717, 1.165) is 12.1 Å². The molecule has 2 aromatic rings. The van der Waals surface area contributed by atoms with Crippen LogP contribution >= 0.6 is 0 Å². The van der Waals surface area contributed by atoms with Crippen LogP contribution in [0.4, 0.5) is 24.7 Å². The number of carbonyl (C=O) groups is 1. The first-order valence-corrected chi connectivity index (χ1v) is 5.99. The van der Waals surface area contributed by atoms with Gasteiger partial charge in [0.25, 0.3) is 0 Å². The lowest BCUT2D eigenvalue weighted by atomic mass is 10.2. The number of hydrogen-bond acceptors (Lipinski definition) is 4. The van der Waals surface area contributed by atoms with Crippen molar-refractivity contribution >= 4 is 17.4 Å². The van der Waals surface area contributed by atoms with Crippen LogP contribution in [0.1, 0.15) is 11.3 Å². The smallest absolute Gasteiger partial charge is 0.376 e. The highest BCUT2D eigenvalue weighted by atomic mass is 19.4. The molecule has 1 aromatic carbocycles. The average molecular weight is 299 g/mol. The van der Waals surface area contributed by atoms with Gasteiger partial charge in [0.15, 0.2) is 5.82 Å². The van der Waals surface area contributed by atoms with Crippen molar-refractivity contribution in [3.8, 4) is 0 Å². The first-order chi connectivity index (χ1) is 9.84. The minimum atomic E-state index is -4.37. The summed E-state index contributed by atoms with van der Waals surface area (Å²) in [5.74, 6) is 0.455. The Bertz CT molecular complexity index is 620. The third-order valence-electron chi connectivity index (χ3n) is 2.56. The molecule has 0 aliphatic carbocycles. The Balaban J connectivity index is 1.86. The SMILES string of the molecule is Cc1cc(NC(=O)CNc2ccc(C(F)(F)F)cc2)no1. The zero-order valence-corrected chi connectivity index (χ0v) is 11.0. The Morgan fingerprint density at radius 1 is 1.29 bits per heavy atom. The minimum Gasteiger partial charge on any atom is -0.376 e. The fourth-order valence-electron chi connectivity index (χ4n) is 1.57. The number of nitrogens with one attached hydrogen (secondary N) is 2. The molecule has 0 saturated heterocycles. The standard InChI is InChI=1S/C13H12F3N3O2/c1-8-6-11(19-21-8)18-12(20)7-17-10-4-2-9(3-5-10)13(14,15)16/h2-6,17H,7H2,1H3,(H,18,19,20). The monoisotopic (exact) mass is 299 g/mol. The molecule has 1 amide bonds. The van der Waals surface area contributed by atoms with E-state index in [2.05, 4.69) is 15.8 Å². The summed E-state index contributed by atoms with van der Waals surface area (Å²) in [5, 5.41) is 8.78. The van der Waals surface area contributed by atoms with Crippen LogP contribution in [0.15, 0.2) is 34.9 Å². The van der Waals surface area contributed by atoms with E-state index in [1.54, 1.807) is 13.0 Å². The Morgan fingerprint density at radius 2 is 1.95 bits per heavy atom. The molecule has 2 rings (SSSR count). The van der Waals surface area contributed by atoms with Gasteiger partial charge in [-0.05, 0) is 31.2 Å². The number of amides is 1. The number of aryl methyl sites for hydroxylation is 1. The highest BCUT2D eigenvalue weighted by molar-refractivity contribution is 5.92. The molecule has 112 valence electrons. The van der Waals surface area contributed by atoms with Crippen molar-refractivity contribution in [2.24, 2.45) is 0 Å².